The maximum atomic E-state index is 13.0. The minimum atomic E-state index is -0.410. The van der Waals surface area contributed by atoms with Gasteiger partial charge in [0.25, 0.3) is 5.56 Å². The van der Waals surface area contributed by atoms with Crippen LogP contribution in [0, 0.1) is 0 Å². The summed E-state index contributed by atoms with van der Waals surface area (Å²) < 4.78 is 14.2. The molecule has 3 rings (SSSR count). The van der Waals surface area contributed by atoms with Crippen molar-refractivity contribution in [3.8, 4) is 11.5 Å². The van der Waals surface area contributed by atoms with Crippen molar-refractivity contribution >= 4 is 26.8 Å². The number of benzene rings is 2. The van der Waals surface area contributed by atoms with Gasteiger partial charge in [0.15, 0.2) is 0 Å². The number of hydrogen-bond acceptors (Lipinski definition) is 4. The van der Waals surface area contributed by atoms with E-state index in [1.165, 1.54) is 23.4 Å². The van der Waals surface area contributed by atoms with E-state index >= 15 is 0 Å². The fraction of sp³-hybridized carbons (Fsp3) is 0.222. The van der Waals surface area contributed by atoms with Crippen LogP contribution in [0.3, 0.4) is 0 Å². The zero-order valence-corrected chi connectivity index (χ0v) is 15.7. The molecule has 0 spiro atoms. The molecule has 3 aromatic rings. The first-order valence-corrected chi connectivity index (χ1v) is 8.36. The van der Waals surface area contributed by atoms with Gasteiger partial charge in [-0.2, -0.15) is 0 Å². The molecule has 0 bridgehead atoms. The highest BCUT2D eigenvalue weighted by Gasteiger charge is 2.18. The first kappa shape index (κ1) is 17.3. The minimum absolute atomic E-state index is 0.176. The van der Waals surface area contributed by atoms with Crippen molar-refractivity contribution in [3.63, 3.8) is 0 Å². The van der Waals surface area contributed by atoms with E-state index in [0.717, 1.165) is 10.0 Å². The summed E-state index contributed by atoms with van der Waals surface area (Å²) in [6.07, 6.45) is 0. The quantitative estimate of drug-likeness (QED) is 0.670. The van der Waals surface area contributed by atoms with Crippen LogP contribution >= 0.6 is 15.9 Å². The Labute approximate surface area is 152 Å². The van der Waals surface area contributed by atoms with Gasteiger partial charge in [0, 0.05) is 11.5 Å². The number of halogens is 1. The predicted molar refractivity (Wildman–Crippen MR) is 99.8 cm³/mol. The summed E-state index contributed by atoms with van der Waals surface area (Å²) in [5, 5.41) is 0.320. The number of aryl methyl sites for hydroxylation is 1. The van der Waals surface area contributed by atoms with Crippen LogP contribution in [-0.4, -0.2) is 23.4 Å². The van der Waals surface area contributed by atoms with Crippen LogP contribution in [0.1, 0.15) is 5.56 Å². The molecule has 0 saturated heterocycles. The molecule has 25 heavy (non-hydrogen) atoms. The van der Waals surface area contributed by atoms with E-state index in [-0.39, 0.29) is 6.54 Å². The summed E-state index contributed by atoms with van der Waals surface area (Å²) in [4.78, 5) is 25.8. The van der Waals surface area contributed by atoms with Crippen molar-refractivity contribution in [2.24, 2.45) is 7.05 Å². The maximum absolute atomic E-state index is 13.0. The second kappa shape index (κ2) is 6.76. The average Bonchev–Trinajstić information content (AvgIpc) is 2.63. The number of fused-ring (bicyclic) bond motifs is 1. The van der Waals surface area contributed by atoms with Crippen molar-refractivity contribution in [3.05, 3.63) is 67.3 Å². The van der Waals surface area contributed by atoms with Gasteiger partial charge in [-0.15, -0.1) is 0 Å². The Hall–Kier alpha value is -2.54. The molecule has 130 valence electrons. The van der Waals surface area contributed by atoms with Crippen LogP contribution in [0.4, 0.5) is 0 Å². The number of nitrogens with zero attached hydrogens (tertiary/aromatic N) is 2. The zero-order valence-electron chi connectivity index (χ0n) is 14.1. The highest BCUT2D eigenvalue weighted by Crippen LogP contribution is 2.29. The minimum Gasteiger partial charge on any atom is -0.496 e. The molecular formula is C18H17BrN2O4. The molecule has 0 aliphatic rings. The predicted octanol–water partition coefficient (Wildman–Crippen LogP) is 2.53. The average molecular weight is 405 g/mol. The molecule has 1 heterocycles. The Bertz CT molecular complexity index is 1050. The van der Waals surface area contributed by atoms with Crippen LogP contribution in [-0.2, 0) is 13.6 Å². The molecule has 7 heteroatoms. The Morgan fingerprint density at radius 1 is 0.960 bits per heavy atom. The first-order valence-electron chi connectivity index (χ1n) is 7.57. The summed E-state index contributed by atoms with van der Waals surface area (Å²) >= 11 is 3.37. The van der Waals surface area contributed by atoms with Gasteiger partial charge in [0.2, 0.25) is 0 Å². The number of aromatic nitrogens is 2. The second-order valence-electron chi connectivity index (χ2n) is 5.55. The molecule has 0 atom stereocenters. The Morgan fingerprint density at radius 2 is 1.56 bits per heavy atom. The van der Waals surface area contributed by atoms with Gasteiger partial charge in [-0.05, 0) is 29.8 Å². The van der Waals surface area contributed by atoms with Gasteiger partial charge in [-0.25, -0.2) is 4.79 Å². The standard InChI is InChI=1S/C18H17BrN2O4/c1-20-16-14(25-3)9-8-13(24-2)15(16)17(22)21(18(20)23)10-11-4-6-12(19)7-5-11/h4-9H,10H2,1-3H3. The molecule has 0 fully saturated rings. The molecule has 6 nitrogen and oxygen atoms in total. The third kappa shape index (κ3) is 2.95. The molecule has 0 radical (unpaired) electrons. The molecule has 0 aliphatic heterocycles. The van der Waals surface area contributed by atoms with Gasteiger partial charge >= 0.3 is 5.69 Å². The number of methoxy groups -OCH3 is 2. The van der Waals surface area contributed by atoms with Gasteiger partial charge < -0.3 is 9.47 Å². The number of hydrogen-bond donors (Lipinski definition) is 0. The second-order valence-corrected chi connectivity index (χ2v) is 6.47. The van der Waals surface area contributed by atoms with Crippen LogP contribution in [0.15, 0.2) is 50.5 Å². The van der Waals surface area contributed by atoms with Crippen molar-refractivity contribution in [1.29, 1.82) is 0 Å². The Morgan fingerprint density at radius 3 is 2.16 bits per heavy atom. The summed E-state index contributed by atoms with van der Waals surface area (Å²) in [5.41, 5.74) is 0.455. The molecular weight excluding hydrogens is 388 g/mol. The highest BCUT2D eigenvalue weighted by atomic mass is 79.9. The maximum Gasteiger partial charge on any atom is 0.331 e. The molecule has 0 saturated carbocycles. The smallest absolute Gasteiger partial charge is 0.331 e. The van der Waals surface area contributed by atoms with E-state index in [1.807, 2.05) is 24.3 Å². The van der Waals surface area contributed by atoms with Gasteiger partial charge in [0.05, 0.1) is 20.8 Å². The van der Waals surface area contributed by atoms with Crippen molar-refractivity contribution in [2.75, 3.05) is 14.2 Å². The van der Waals surface area contributed by atoms with Crippen molar-refractivity contribution < 1.29 is 9.47 Å². The summed E-state index contributed by atoms with van der Waals surface area (Å²) in [6, 6.07) is 10.8. The Balaban J connectivity index is 2.32. The van der Waals surface area contributed by atoms with Crippen LogP contribution in [0.2, 0.25) is 0 Å². The van der Waals surface area contributed by atoms with E-state index in [1.54, 1.807) is 19.2 Å². The van der Waals surface area contributed by atoms with E-state index in [0.29, 0.717) is 22.4 Å². The third-order valence-electron chi connectivity index (χ3n) is 4.11. The summed E-state index contributed by atoms with van der Waals surface area (Å²) in [7, 11) is 4.61. The summed E-state index contributed by atoms with van der Waals surface area (Å²) in [6.45, 7) is 0.176. The monoisotopic (exact) mass is 404 g/mol. The van der Waals surface area contributed by atoms with Gasteiger partial charge in [-0.1, -0.05) is 28.1 Å². The zero-order chi connectivity index (χ0) is 18.1. The SMILES string of the molecule is COc1ccc(OC)c2c1c(=O)n(Cc1ccc(Br)cc1)c(=O)n2C. The lowest BCUT2D eigenvalue weighted by Gasteiger charge is -2.15. The van der Waals surface area contributed by atoms with E-state index in [9.17, 15) is 9.59 Å². The largest absolute Gasteiger partial charge is 0.496 e. The lowest BCUT2D eigenvalue weighted by atomic mass is 10.2. The molecule has 0 unspecified atom stereocenters. The van der Waals surface area contributed by atoms with E-state index in [2.05, 4.69) is 15.9 Å². The van der Waals surface area contributed by atoms with Crippen LogP contribution in [0.5, 0.6) is 11.5 Å². The molecule has 2 aromatic carbocycles. The van der Waals surface area contributed by atoms with E-state index < -0.39 is 11.2 Å². The molecule has 1 aromatic heterocycles. The fourth-order valence-electron chi connectivity index (χ4n) is 2.84. The molecule has 0 N–H and O–H groups in total. The van der Waals surface area contributed by atoms with Gasteiger partial charge in [-0.3, -0.25) is 13.9 Å². The van der Waals surface area contributed by atoms with E-state index in [4.69, 9.17) is 9.47 Å². The van der Waals surface area contributed by atoms with Gasteiger partial charge in [0.1, 0.15) is 22.4 Å². The Kier molecular flexibility index (Phi) is 4.67. The lowest BCUT2D eigenvalue weighted by molar-refractivity contribution is 0.407. The third-order valence-corrected chi connectivity index (χ3v) is 4.64. The first-order chi connectivity index (χ1) is 12.0. The van der Waals surface area contributed by atoms with Crippen LogP contribution in [0.25, 0.3) is 10.9 Å². The molecule has 0 aliphatic carbocycles. The normalized spacial score (nSPS) is 10.9. The highest BCUT2D eigenvalue weighted by molar-refractivity contribution is 9.10. The number of ether oxygens (including phenoxy) is 2. The number of rotatable bonds is 4. The van der Waals surface area contributed by atoms with Crippen LogP contribution < -0.4 is 20.7 Å². The van der Waals surface area contributed by atoms with Crippen molar-refractivity contribution in [2.45, 2.75) is 6.54 Å². The summed E-state index contributed by atoms with van der Waals surface area (Å²) in [5.74, 6) is 0.851. The lowest BCUT2D eigenvalue weighted by Crippen LogP contribution is -2.39. The molecule has 0 amide bonds. The van der Waals surface area contributed by atoms with Crippen molar-refractivity contribution in [1.82, 2.24) is 9.13 Å². The fourth-order valence-corrected chi connectivity index (χ4v) is 3.10. The topological polar surface area (TPSA) is 62.5 Å².